The van der Waals surface area contributed by atoms with Crippen molar-refractivity contribution in [2.45, 2.75) is 39.2 Å². The van der Waals surface area contributed by atoms with Gasteiger partial charge >= 0.3 is 0 Å². The molecule has 1 N–H and O–H groups in total. The fourth-order valence-corrected chi connectivity index (χ4v) is 1.64. The van der Waals surface area contributed by atoms with Crippen molar-refractivity contribution >= 4 is 5.82 Å². The summed E-state index contributed by atoms with van der Waals surface area (Å²) in [6.07, 6.45) is 2.52. The largest absolute Gasteiger partial charge is 0.374 e. The first-order valence-electron chi connectivity index (χ1n) is 6.03. The fraction of sp³-hybridized carbons (Fsp3) is 0.667. The molecule has 1 aromatic rings. The predicted molar refractivity (Wildman–Crippen MR) is 63.5 cm³/mol. The Morgan fingerprint density at radius 1 is 1.38 bits per heavy atom. The Morgan fingerprint density at radius 2 is 2.19 bits per heavy atom. The molecule has 0 radical (unpaired) electrons. The number of hydrogen-bond acceptors (Lipinski definition) is 4. The van der Waals surface area contributed by atoms with Gasteiger partial charge in [0.05, 0.1) is 0 Å². The lowest BCUT2D eigenvalue weighted by molar-refractivity contribution is 0.128. The Labute approximate surface area is 96.4 Å². The van der Waals surface area contributed by atoms with E-state index in [0.717, 1.165) is 18.2 Å². The van der Waals surface area contributed by atoms with E-state index < -0.39 is 0 Å². The smallest absolute Gasteiger partial charge is 0.156 e. The van der Waals surface area contributed by atoms with Crippen LogP contribution in [0.4, 0.5) is 5.82 Å². The molecule has 0 spiro atoms. The van der Waals surface area contributed by atoms with Gasteiger partial charge in [-0.3, -0.25) is 0 Å². The molecule has 0 saturated heterocycles. The summed E-state index contributed by atoms with van der Waals surface area (Å²) in [5.41, 5.74) is 1.17. The lowest BCUT2D eigenvalue weighted by Gasteiger charge is -2.08. The quantitative estimate of drug-likeness (QED) is 0.800. The van der Waals surface area contributed by atoms with Crippen molar-refractivity contribution < 1.29 is 4.74 Å². The summed E-state index contributed by atoms with van der Waals surface area (Å²) in [4.78, 5) is 8.96. The maximum atomic E-state index is 5.36. The van der Waals surface area contributed by atoms with Gasteiger partial charge in [-0.1, -0.05) is 0 Å². The number of anilines is 1. The average molecular weight is 221 g/mol. The summed E-state index contributed by atoms with van der Waals surface area (Å²) in [7, 11) is 0. The van der Waals surface area contributed by atoms with E-state index in [2.05, 4.69) is 28.3 Å². The Hall–Kier alpha value is -1.16. The molecule has 2 rings (SSSR count). The third kappa shape index (κ3) is 2.92. The van der Waals surface area contributed by atoms with Gasteiger partial charge in [0, 0.05) is 30.8 Å². The van der Waals surface area contributed by atoms with Crippen LogP contribution in [0, 0.1) is 0 Å². The molecule has 1 saturated carbocycles. The molecule has 0 aliphatic heterocycles. The summed E-state index contributed by atoms with van der Waals surface area (Å²) >= 11 is 0. The van der Waals surface area contributed by atoms with Crippen LogP contribution in [0.1, 0.15) is 44.1 Å². The summed E-state index contributed by atoms with van der Waals surface area (Å²) in [6.45, 7) is 6.15. The minimum Gasteiger partial charge on any atom is -0.374 e. The molecule has 0 atom stereocenters. The molecule has 0 unspecified atom stereocenters. The second-order valence-corrected chi connectivity index (χ2v) is 4.04. The van der Waals surface area contributed by atoms with Gasteiger partial charge in [-0.2, -0.15) is 0 Å². The van der Waals surface area contributed by atoms with Gasteiger partial charge < -0.3 is 10.1 Å². The van der Waals surface area contributed by atoms with Crippen molar-refractivity contribution in [1.29, 1.82) is 0 Å². The molecule has 16 heavy (non-hydrogen) atoms. The Bertz CT molecular complexity index is 350. The summed E-state index contributed by atoms with van der Waals surface area (Å²) in [5, 5.41) is 3.24. The topological polar surface area (TPSA) is 47.0 Å². The van der Waals surface area contributed by atoms with E-state index in [-0.39, 0.29) is 0 Å². The number of hydrogen-bond donors (Lipinski definition) is 1. The SMILES string of the molecule is CCNc1cc(C2CC2)nc(COCC)n1. The van der Waals surface area contributed by atoms with Crippen molar-refractivity contribution in [3.8, 4) is 0 Å². The first-order valence-corrected chi connectivity index (χ1v) is 6.03. The van der Waals surface area contributed by atoms with Crippen LogP contribution in [0.3, 0.4) is 0 Å². The van der Waals surface area contributed by atoms with Crippen molar-refractivity contribution in [2.75, 3.05) is 18.5 Å². The highest BCUT2D eigenvalue weighted by Gasteiger charge is 2.26. The van der Waals surface area contributed by atoms with Gasteiger partial charge in [0.2, 0.25) is 0 Å². The van der Waals surface area contributed by atoms with Crippen molar-refractivity contribution in [3.05, 3.63) is 17.6 Å². The third-order valence-electron chi connectivity index (χ3n) is 2.58. The molecule has 0 amide bonds. The number of nitrogens with zero attached hydrogens (tertiary/aromatic N) is 2. The monoisotopic (exact) mass is 221 g/mol. The minimum absolute atomic E-state index is 0.509. The molecule has 0 aromatic carbocycles. The van der Waals surface area contributed by atoms with Crippen LogP contribution in [-0.2, 0) is 11.3 Å². The third-order valence-corrected chi connectivity index (χ3v) is 2.58. The van der Waals surface area contributed by atoms with Crippen LogP contribution in [-0.4, -0.2) is 23.1 Å². The molecule has 1 heterocycles. The van der Waals surface area contributed by atoms with E-state index in [0.29, 0.717) is 19.1 Å². The highest BCUT2D eigenvalue weighted by molar-refractivity contribution is 5.37. The van der Waals surface area contributed by atoms with Gasteiger partial charge in [0.1, 0.15) is 12.4 Å². The lowest BCUT2D eigenvalue weighted by atomic mass is 10.2. The lowest BCUT2D eigenvalue weighted by Crippen LogP contribution is -2.07. The molecular weight excluding hydrogens is 202 g/mol. The highest BCUT2D eigenvalue weighted by Crippen LogP contribution is 2.39. The number of aromatic nitrogens is 2. The summed E-state index contributed by atoms with van der Waals surface area (Å²) in [5.74, 6) is 2.37. The molecule has 4 nitrogen and oxygen atoms in total. The molecule has 4 heteroatoms. The van der Waals surface area contributed by atoms with Crippen LogP contribution in [0.5, 0.6) is 0 Å². The molecule has 1 aromatic heterocycles. The molecular formula is C12H19N3O. The van der Waals surface area contributed by atoms with Crippen molar-refractivity contribution in [3.63, 3.8) is 0 Å². The first-order chi connectivity index (χ1) is 7.83. The first kappa shape index (κ1) is 11.3. The van der Waals surface area contributed by atoms with E-state index in [4.69, 9.17) is 4.74 Å². The van der Waals surface area contributed by atoms with E-state index >= 15 is 0 Å². The summed E-state index contributed by atoms with van der Waals surface area (Å²) in [6, 6.07) is 2.07. The molecule has 1 aliphatic rings. The Balaban J connectivity index is 2.14. The molecule has 0 bridgehead atoms. The van der Waals surface area contributed by atoms with Gasteiger partial charge in [0.25, 0.3) is 0 Å². The van der Waals surface area contributed by atoms with Crippen LogP contribution >= 0.6 is 0 Å². The summed E-state index contributed by atoms with van der Waals surface area (Å²) < 4.78 is 5.36. The van der Waals surface area contributed by atoms with Crippen molar-refractivity contribution in [1.82, 2.24) is 9.97 Å². The van der Waals surface area contributed by atoms with Crippen LogP contribution in [0.25, 0.3) is 0 Å². The molecule has 1 aliphatic carbocycles. The van der Waals surface area contributed by atoms with Crippen LogP contribution in [0.2, 0.25) is 0 Å². The number of ether oxygens (including phenoxy) is 1. The zero-order chi connectivity index (χ0) is 11.4. The predicted octanol–water partition coefficient (Wildman–Crippen LogP) is 2.32. The van der Waals surface area contributed by atoms with Gasteiger partial charge in [-0.25, -0.2) is 9.97 Å². The second kappa shape index (κ2) is 5.25. The van der Waals surface area contributed by atoms with E-state index in [1.54, 1.807) is 0 Å². The van der Waals surface area contributed by atoms with Gasteiger partial charge in [-0.15, -0.1) is 0 Å². The van der Waals surface area contributed by atoms with Crippen molar-refractivity contribution in [2.24, 2.45) is 0 Å². The average Bonchev–Trinajstić information content (AvgIpc) is 3.10. The van der Waals surface area contributed by atoms with E-state index in [9.17, 15) is 0 Å². The standard InChI is InChI=1S/C12H19N3O/c1-3-13-11-7-10(9-5-6-9)14-12(15-11)8-16-4-2/h7,9H,3-6,8H2,1-2H3,(H,13,14,15). The fourth-order valence-electron chi connectivity index (χ4n) is 1.64. The number of rotatable bonds is 6. The maximum absolute atomic E-state index is 5.36. The maximum Gasteiger partial charge on any atom is 0.156 e. The zero-order valence-corrected chi connectivity index (χ0v) is 9.99. The minimum atomic E-state index is 0.509. The molecule has 88 valence electrons. The molecule has 1 fully saturated rings. The normalized spacial score (nSPS) is 15.1. The second-order valence-electron chi connectivity index (χ2n) is 4.04. The van der Waals surface area contributed by atoms with E-state index in [1.807, 2.05) is 6.92 Å². The Morgan fingerprint density at radius 3 is 2.81 bits per heavy atom. The van der Waals surface area contributed by atoms with Gasteiger partial charge in [0.15, 0.2) is 5.82 Å². The van der Waals surface area contributed by atoms with Crippen LogP contribution in [0.15, 0.2) is 6.07 Å². The number of nitrogens with one attached hydrogen (secondary N) is 1. The Kier molecular flexibility index (Phi) is 3.72. The van der Waals surface area contributed by atoms with Gasteiger partial charge in [-0.05, 0) is 26.7 Å². The zero-order valence-electron chi connectivity index (χ0n) is 9.99. The van der Waals surface area contributed by atoms with Crippen LogP contribution < -0.4 is 5.32 Å². The highest BCUT2D eigenvalue weighted by atomic mass is 16.5. The van der Waals surface area contributed by atoms with E-state index in [1.165, 1.54) is 18.5 Å².